The molecular weight excluding hydrogens is 264 g/mol. The summed E-state index contributed by atoms with van der Waals surface area (Å²) in [5, 5.41) is 10.2. The summed E-state index contributed by atoms with van der Waals surface area (Å²) in [6, 6.07) is 6.15. The van der Waals surface area contributed by atoms with Crippen LogP contribution < -0.4 is 14.5 Å². The SMILES string of the molecule is CC[NH+]1CC[NH+](C[C@H](O)COc2ccc(C)cc2C)CC1. The Balaban J connectivity index is 1.73. The molecule has 1 atom stereocenters. The number of aliphatic hydroxyl groups excluding tert-OH is 1. The lowest BCUT2D eigenvalue weighted by molar-refractivity contribution is -1.01. The maximum absolute atomic E-state index is 10.2. The highest BCUT2D eigenvalue weighted by atomic mass is 16.5. The van der Waals surface area contributed by atoms with Gasteiger partial charge in [-0.05, 0) is 32.4 Å². The normalized spacial score (nSPS) is 23.8. The van der Waals surface area contributed by atoms with Gasteiger partial charge >= 0.3 is 0 Å². The monoisotopic (exact) mass is 294 g/mol. The van der Waals surface area contributed by atoms with Crippen molar-refractivity contribution < 1.29 is 19.6 Å². The van der Waals surface area contributed by atoms with E-state index in [4.69, 9.17) is 4.74 Å². The average molecular weight is 294 g/mol. The molecule has 118 valence electrons. The van der Waals surface area contributed by atoms with Gasteiger partial charge in [-0.25, -0.2) is 0 Å². The first-order valence-electron chi connectivity index (χ1n) is 8.13. The summed E-state index contributed by atoms with van der Waals surface area (Å²) in [5.74, 6) is 0.884. The fraction of sp³-hybridized carbons (Fsp3) is 0.647. The van der Waals surface area contributed by atoms with E-state index in [0.717, 1.165) is 30.9 Å². The second-order valence-corrected chi connectivity index (χ2v) is 6.29. The van der Waals surface area contributed by atoms with E-state index in [-0.39, 0.29) is 6.10 Å². The van der Waals surface area contributed by atoms with Gasteiger partial charge in [0, 0.05) is 0 Å². The number of likely N-dealkylation sites (N-methyl/N-ethyl adjacent to an activating group) is 1. The molecule has 1 aliphatic heterocycles. The summed E-state index contributed by atoms with van der Waals surface area (Å²) < 4.78 is 5.77. The van der Waals surface area contributed by atoms with Crippen molar-refractivity contribution in [3.05, 3.63) is 29.3 Å². The third-order valence-corrected chi connectivity index (χ3v) is 4.45. The van der Waals surface area contributed by atoms with Crippen LogP contribution in [0.1, 0.15) is 18.1 Å². The van der Waals surface area contributed by atoms with Crippen LogP contribution in [0.4, 0.5) is 0 Å². The molecule has 1 saturated heterocycles. The van der Waals surface area contributed by atoms with Crippen LogP contribution in [0.3, 0.4) is 0 Å². The molecule has 0 aromatic heterocycles. The van der Waals surface area contributed by atoms with Crippen LogP contribution in [0.25, 0.3) is 0 Å². The van der Waals surface area contributed by atoms with Crippen molar-refractivity contribution in [2.24, 2.45) is 0 Å². The van der Waals surface area contributed by atoms with E-state index < -0.39 is 0 Å². The highest BCUT2D eigenvalue weighted by molar-refractivity contribution is 5.35. The summed E-state index contributed by atoms with van der Waals surface area (Å²) in [5.41, 5.74) is 2.37. The first-order chi connectivity index (χ1) is 10.1. The van der Waals surface area contributed by atoms with Gasteiger partial charge in [0.15, 0.2) is 0 Å². The summed E-state index contributed by atoms with van der Waals surface area (Å²) in [6.45, 7) is 13.5. The van der Waals surface area contributed by atoms with Crippen molar-refractivity contribution in [1.29, 1.82) is 0 Å². The molecule has 0 bridgehead atoms. The molecule has 4 heteroatoms. The first-order valence-corrected chi connectivity index (χ1v) is 8.13. The third-order valence-electron chi connectivity index (χ3n) is 4.45. The number of rotatable bonds is 6. The van der Waals surface area contributed by atoms with Gasteiger partial charge in [0.2, 0.25) is 0 Å². The minimum atomic E-state index is -0.385. The number of benzene rings is 1. The third kappa shape index (κ3) is 4.99. The Morgan fingerprint density at radius 1 is 1.14 bits per heavy atom. The van der Waals surface area contributed by atoms with Gasteiger partial charge in [-0.15, -0.1) is 0 Å². The molecule has 2 rings (SSSR count). The minimum absolute atomic E-state index is 0.385. The van der Waals surface area contributed by atoms with E-state index in [2.05, 4.69) is 19.9 Å². The Hall–Kier alpha value is -1.10. The molecule has 1 aromatic rings. The van der Waals surface area contributed by atoms with Gasteiger partial charge in [0.05, 0.1) is 6.54 Å². The molecule has 4 nitrogen and oxygen atoms in total. The summed E-state index contributed by atoms with van der Waals surface area (Å²) in [4.78, 5) is 3.18. The van der Waals surface area contributed by atoms with Crippen LogP contribution in [0.5, 0.6) is 5.75 Å². The quantitative estimate of drug-likeness (QED) is 0.620. The predicted octanol–water partition coefficient (Wildman–Crippen LogP) is -1.15. The fourth-order valence-electron chi connectivity index (χ4n) is 3.05. The van der Waals surface area contributed by atoms with Gasteiger partial charge in [-0.3, -0.25) is 0 Å². The largest absolute Gasteiger partial charge is 0.490 e. The lowest BCUT2D eigenvalue weighted by Crippen LogP contribution is -3.28. The Morgan fingerprint density at radius 3 is 2.43 bits per heavy atom. The summed E-state index contributed by atoms with van der Waals surface area (Å²) >= 11 is 0. The molecule has 3 N–H and O–H groups in total. The van der Waals surface area contributed by atoms with Crippen molar-refractivity contribution in [3.8, 4) is 5.75 Å². The molecule has 1 aromatic carbocycles. The number of piperazine rings is 1. The zero-order valence-electron chi connectivity index (χ0n) is 13.6. The molecular formula is C17H30N2O2+2. The van der Waals surface area contributed by atoms with Crippen molar-refractivity contribution in [3.63, 3.8) is 0 Å². The van der Waals surface area contributed by atoms with Crippen molar-refractivity contribution in [2.45, 2.75) is 26.9 Å². The summed E-state index contributed by atoms with van der Waals surface area (Å²) in [7, 11) is 0. The van der Waals surface area contributed by atoms with Gasteiger partial charge in [0.25, 0.3) is 0 Å². The van der Waals surface area contributed by atoms with Gasteiger partial charge < -0.3 is 19.6 Å². The molecule has 0 saturated carbocycles. The van der Waals surface area contributed by atoms with E-state index in [1.54, 1.807) is 4.90 Å². The van der Waals surface area contributed by atoms with Crippen molar-refractivity contribution >= 4 is 0 Å². The van der Waals surface area contributed by atoms with Crippen LogP contribution >= 0.6 is 0 Å². The van der Waals surface area contributed by atoms with Crippen LogP contribution in [-0.4, -0.2) is 57.1 Å². The van der Waals surface area contributed by atoms with Crippen molar-refractivity contribution in [2.75, 3.05) is 45.9 Å². The maximum Gasteiger partial charge on any atom is 0.137 e. The molecule has 0 amide bonds. The number of nitrogens with one attached hydrogen (secondary N) is 2. The second-order valence-electron chi connectivity index (χ2n) is 6.29. The Kier molecular flexibility index (Phi) is 6.03. The minimum Gasteiger partial charge on any atom is -0.490 e. The zero-order valence-corrected chi connectivity index (χ0v) is 13.6. The van der Waals surface area contributed by atoms with Crippen LogP contribution in [0.15, 0.2) is 18.2 Å². The second kappa shape index (κ2) is 7.78. The average Bonchev–Trinajstić information content (AvgIpc) is 2.47. The highest BCUT2D eigenvalue weighted by Gasteiger charge is 2.24. The van der Waals surface area contributed by atoms with Gasteiger partial charge in [-0.1, -0.05) is 17.7 Å². The lowest BCUT2D eigenvalue weighted by Gasteiger charge is -2.30. The van der Waals surface area contributed by atoms with E-state index in [0.29, 0.717) is 6.61 Å². The number of aliphatic hydroxyl groups is 1. The van der Waals surface area contributed by atoms with Crippen LogP contribution in [-0.2, 0) is 0 Å². The molecule has 0 spiro atoms. The van der Waals surface area contributed by atoms with E-state index in [1.165, 1.54) is 30.1 Å². The molecule has 1 heterocycles. The molecule has 0 radical (unpaired) electrons. The molecule has 0 unspecified atom stereocenters. The Labute approximate surface area is 128 Å². The molecule has 1 fully saturated rings. The number of quaternary nitrogens is 2. The van der Waals surface area contributed by atoms with Gasteiger partial charge in [-0.2, -0.15) is 0 Å². The first kappa shape index (κ1) is 16.3. The Morgan fingerprint density at radius 2 is 1.81 bits per heavy atom. The zero-order chi connectivity index (χ0) is 15.2. The highest BCUT2D eigenvalue weighted by Crippen LogP contribution is 2.18. The number of ether oxygens (including phenoxy) is 1. The smallest absolute Gasteiger partial charge is 0.137 e. The molecule has 21 heavy (non-hydrogen) atoms. The van der Waals surface area contributed by atoms with E-state index >= 15 is 0 Å². The maximum atomic E-state index is 10.2. The fourth-order valence-corrected chi connectivity index (χ4v) is 3.05. The standard InChI is InChI=1S/C17H28N2O2/c1-4-18-7-9-19(10-8-18)12-16(20)13-21-17-6-5-14(2)11-15(17)3/h5-6,11,16,20H,4,7-10,12-13H2,1-3H3/p+2/t16-/m0/s1. The lowest BCUT2D eigenvalue weighted by atomic mass is 10.1. The van der Waals surface area contributed by atoms with Crippen molar-refractivity contribution in [1.82, 2.24) is 0 Å². The van der Waals surface area contributed by atoms with Crippen LogP contribution in [0.2, 0.25) is 0 Å². The number of hydrogen-bond acceptors (Lipinski definition) is 2. The number of hydrogen-bond donors (Lipinski definition) is 3. The topological polar surface area (TPSA) is 38.3 Å². The Bertz CT molecular complexity index is 442. The predicted molar refractivity (Wildman–Crippen MR) is 84.2 cm³/mol. The van der Waals surface area contributed by atoms with E-state index in [9.17, 15) is 5.11 Å². The summed E-state index contributed by atoms with van der Waals surface area (Å²) in [6.07, 6.45) is -0.385. The number of aryl methyl sites for hydroxylation is 2. The molecule has 0 aliphatic carbocycles. The van der Waals surface area contributed by atoms with E-state index in [1.807, 2.05) is 19.1 Å². The van der Waals surface area contributed by atoms with Gasteiger partial charge in [0.1, 0.15) is 51.2 Å². The van der Waals surface area contributed by atoms with Crippen LogP contribution in [0, 0.1) is 13.8 Å². The molecule has 1 aliphatic rings.